The number of methoxy groups -OCH3 is 1. The van der Waals surface area contributed by atoms with Crippen molar-refractivity contribution >= 4 is 35.4 Å². The van der Waals surface area contributed by atoms with Crippen molar-refractivity contribution in [3.8, 4) is 0 Å². The summed E-state index contributed by atoms with van der Waals surface area (Å²) < 4.78 is 32.6. The molecular formula is C20H17BF2N2O5. The minimum atomic E-state index is -1.75. The number of pyridine rings is 1. The molecular weight excluding hydrogens is 397 g/mol. The molecule has 0 bridgehead atoms. The fourth-order valence-electron chi connectivity index (χ4n) is 3.14. The van der Waals surface area contributed by atoms with Crippen LogP contribution in [0.15, 0.2) is 48.7 Å². The standard InChI is InChI=1S/C20H17BF2N2O5/c1-30-20(27)16(25-19(26)17-14(22)5-2-6-15(17)23)10-11-7-8-13(21(28)29)18-12(11)4-3-9-24-18/h2-9,16,28-29H,10H2,1H3,(H,25,26)/t16-/m0/s1. The predicted molar refractivity (Wildman–Crippen MR) is 105 cm³/mol. The number of carbonyl (C=O) groups is 2. The van der Waals surface area contributed by atoms with Crippen molar-refractivity contribution in [3.63, 3.8) is 0 Å². The Kier molecular flexibility index (Phi) is 6.39. The smallest absolute Gasteiger partial charge is 0.467 e. The summed E-state index contributed by atoms with van der Waals surface area (Å²) in [6.07, 6.45) is 1.39. The van der Waals surface area contributed by atoms with E-state index in [1.165, 1.54) is 12.3 Å². The summed E-state index contributed by atoms with van der Waals surface area (Å²) in [6.45, 7) is 0. The molecule has 0 saturated carbocycles. The van der Waals surface area contributed by atoms with E-state index >= 15 is 0 Å². The topological polar surface area (TPSA) is 109 Å². The summed E-state index contributed by atoms with van der Waals surface area (Å²) in [5.74, 6) is -4.05. The van der Waals surface area contributed by atoms with Gasteiger partial charge in [0, 0.05) is 23.5 Å². The number of carbonyl (C=O) groups excluding carboxylic acids is 2. The first-order valence-corrected chi connectivity index (χ1v) is 8.88. The van der Waals surface area contributed by atoms with E-state index in [0.29, 0.717) is 16.5 Å². The molecule has 0 aliphatic rings. The van der Waals surface area contributed by atoms with Gasteiger partial charge in [0.15, 0.2) is 0 Å². The van der Waals surface area contributed by atoms with Crippen molar-refractivity contribution < 1.29 is 33.2 Å². The lowest BCUT2D eigenvalue weighted by Crippen LogP contribution is -2.43. The number of hydrogen-bond acceptors (Lipinski definition) is 6. The zero-order valence-corrected chi connectivity index (χ0v) is 15.8. The molecule has 2 aromatic carbocycles. The fraction of sp³-hybridized carbons (Fsp3) is 0.150. The maximum Gasteiger partial charge on any atom is 0.490 e. The van der Waals surface area contributed by atoms with Crippen LogP contribution in [-0.2, 0) is 16.0 Å². The number of ether oxygens (including phenoxy) is 1. The molecule has 0 fully saturated rings. The van der Waals surface area contributed by atoms with Crippen LogP contribution in [0.3, 0.4) is 0 Å². The highest BCUT2D eigenvalue weighted by atomic mass is 19.1. The Labute approximate surface area is 170 Å². The lowest BCUT2D eigenvalue weighted by atomic mass is 9.77. The molecule has 0 aliphatic heterocycles. The molecule has 0 saturated heterocycles. The van der Waals surface area contributed by atoms with Gasteiger partial charge in [-0.2, -0.15) is 0 Å². The van der Waals surface area contributed by atoms with Crippen LogP contribution in [0.4, 0.5) is 8.78 Å². The molecule has 1 amide bonds. The quantitative estimate of drug-likeness (QED) is 0.405. The van der Waals surface area contributed by atoms with Gasteiger partial charge in [-0.3, -0.25) is 9.78 Å². The number of rotatable bonds is 6. The third kappa shape index (κ3) is 4.29. The van der Waals surface area contributed by atoms with E-state index in [1.807, 2.05) is 0 Å². The predicted octanol–water partition coefficient (Wildman–Crippen LogP) is 0.707. The highest BCUT2D eigenvalue weighted by Crippen LogP contribution is 2.19. The van der Waals surface area contributed by atoms with Gasteiger partial charge in [0.25, 0.3) is 5.91 Å². The molecule has 0 radical (unpaired) electrons. The number of halogens is 2. The van der Waals surface area contributed by atoms with Crippen molar-refractivity contribution in [1.29, 1.82) is 0 Å². The first-order chi connectivity index (χ1) is 14.3. The first-order valence-electron chi connectivity index (χ1n) is 8.88. The average molecular weight is 414 g/mol. The summed E-state index contributed by atoms with van der Waals surface area (Å²) in [7, 11) is -0.632. The molecule has 3 aromatic rings. The van der Waals surface area contributed by atoms with E-state index in [-0.39, 0.29) is 11.9 Å². The summed E-state index contributed by atoms with van der Waals surface area (Å²) in [5, 5.41) is 21.9. The molecule has 1 aromatic heterocycles. The first kappa shape index (κ1) is 21.3. The second-order valence-electron chi connectivity index (χ2n) is 6.44. The lowest BCUT2D eigenvalue weighted by Gasteiger charge is -2.18. The molecule has 0 spiro atoms. The fourth-order valence-corrected chi connectivity index (χ4v) is 3.14. The molecule has 0 unspecified atom stereocenters. The van der Waals surface area contributed by atoms with E-state index < -0.39 is 42.2 Å². The van der Waals surface area contributed by atoms with Gasteiger partial charge in [-0.25, -0.2) is 13.6 Å². The highest BCUT2D eigenvalue weighted by Gasteiger charge is 2.27. The lowest BCUT2D eigenvalue weighted by molar-refractivity contribution is -0.142. The van der Waals surface area contributed by atoms with E-state index in [9.17, 15) is 28.4 Å². The summed E-state index contributed by atoms with van der Waals surface area (Å²) >= 11 is 0. The van der Waals surface area contributed by atoms with E-state index in [1.54, 1.807) is 18.2 Å². The number of amides is 1. The number of nitrogens with zero attached hydrogens (tertiary/aromatic N) is 1. The average Bonchev–Trinajstić information content (AvgIpc) is 2.72. The van der Waals surface area contributed by atoms with Crippen LogP contribution >= 0.6 is 0 Å². The number of nitrogens with one attached hydrogen (secondary N) is 1. The molecule has 1 atom stereocenters. The molecule has 10 heteroatoms. The van der Waals surface area contributed by atoms with E-state index in [0.717, 1.165) is 25.3 Å². The minimum Gasteiger partial charge on any atom is -0.467 e. The SMILES string of the molecule is COC(=O)[C@H](Cc1ccc(B(O)O)c2ncccc12)NC(=O)c1c(F)cccc1F. The summed E-state index contributed by atoms with van der Waals surface area (Å²) in [5.41, 5.74) is 0.199. The maximum absolute atomic E-state index is 13.9. The number of fused-ring (bicyclic) bond motifs is 1. The molecule has 30 heavy (non-hydrogen) atoms. The monoisotopic (exact) mass is 414 g/mol. The van der Waals surface area contributed by atoms with Crippen LogP contribution in [0.5, 0.6) is 0 Å². The van der Waals surface area contributed by atoms with Crippen LogP contribution in [-0.4, -0.2) is 47.2 Å². The maximum atomic E-state index is 13.9. The Morgan fingerprint density at radius 1 is 1.13 bits per heavy atom. The second-order valence-corrected chi connectivity index (χ2v) is 6.44. The van der Waals surface area contributed by atoms with E-state index in [4.69, 9.17) is 4.74 Å². The Morgan fingerprint density at radius 3 is 2.47 bits per heavy atom. The van der Waals surface area contributed by atoms with Gasteiger partial charge in [-0.05, 0) is 23.8 Å². The molecule has 3 N–H and O–H groups in total. The van der Waals surface area contributed by atoms with Crippen molar-refractivity contribution in [2.45, 2.75) is 12.5 Å². The summed E-state index contributed by atoms with van der Waals surface area (Å²) in [6, 6.07) is 8.00. The number of benzene rings is 2. The Morgan fingerprint density at radius 2 is 1.83 bits per heavy atom. The van der Waals surface area contributed by atoms with Gasteiger partial charge in [0.2, 0.25) is 0 Å². The van der Waals surface area contributed by atoms with Gasteiger partial charge in [0.05, 0.1) is 12.6 Å². The zero-order valence-electron chi connectivity index (χ0n) is 15.8. The molecule has 1 heterocycles. The third-order valence-electron chi connectivity index (χ3n) is 4.57. The molecule has 3 rings (SSSR count). The van der Waals surface area contributed by atoms with Crippen molar-refractivity contribution in [3.05, 3.63) is 71.4 Å². The Balaban J connectivity index is 1.96. The Bertz CT molecular complexity index is 1090. The number of aromatic nitrogens is 1. The second kappa shape index (κ2) is 8.97. The molecule has 7 nitrogen and oxygen atoms in total. The van der Waals surface area contributed by atoms with Crippen molar-refractivity contribution in [2.24, 2.45) is 0 Å². The largest absolute Gasteiger partial charge is 0.490 e. The normalized spacial score (nSPS) is 11.8. The Hall–Kier alpha value is -3.37. The van der Waals surface area contributed by atoms with Crippen molar-refractivity contribution in [2.75, 3.05) is 7.11 Å². The van der Waals surface area contributed by atoms with Gasteiger partial charge in [-0.15, -0.1) is 0 Å². The van der Waals surface area contributed by atoms with Crippen LogP contribution in [0.1, 0.15) is 15.9 Å². The van der Waals surface area contributed by atoms with Gasteiger partial charge in [-0.1, -0.05) is 24.3 Å². The van der Waals surface area contributed by atoms with Gasteiger partial charge >= 0.3 is 13.1 Å². The van der Waals surface area contributed by atoms with Gasteiger partial charge < -0.3 is 20.1 Å². The van der Waals surface area contributed by atoms with Crippen LogP contribution in [0, 0.1) is 11.6 Å². The van der Waals surface area contributed by atoms with Crippen LogP contribution in [0.25, 0.3) is 10.9 Å². The van der Waals surface area contributed by atoms with E-state index in [2.05, 4.69) is 10.3 Å². The van der Waals surface area contributed by atoms with Gasteiger partial charge in [0.1, 0.15) is 23.2 Å². The van der Waals surface area contributed by atoms with Crippen molar-refractivity contribution in [1.82, 2.24) is 10.3 Å². The summed E-state index contributed by atoms with van der Waals surface area (Å²) in [4.78, 5) is 28.8. The highest BCUT2D eigenvalue weighted by molar-refractivity contribution is 6.61. The minimum absolute atomic E-state index is 0.0848. The van der Waals surface area contributed by atoms with Crippen LogP contribution < -0.4 is 10.8 Å². The van der Waals surface area contributed by atoms with Crippen LogP contribution in [0.2, 0.25) is 0 Å². The molecule has 154 valence electrons. The number of hydrogen-bond donors (Lipinski definition) is 3. The zero-order chi connectivity index (χ0) is 21.8. The number of esters is 1. The molecule has 0 aliphatic carbocycles. The third-order valence-corrected chi connectivity index (χ3v) is 4.57.